The second-order valence-electron chi connectivity index (χ2n) is 6.72. The molecule has 1 heterocycles. The highest BCUT2D eigenvalue weighted by Gasteiger charge is 2.36. The van der Waals surface area contributed by atoms with Crippen molar-refractivity contribution in [2.24, 2.45) is 17.1 Å². The highest BCUT2D eigenvalue weighted by Crippen LogP contribution is 2.34. The number of rotatable bonds is 3. The van der Waals surface area contributed by atoms with E-state index in [1.807, 2.05) is 0 Å². The first-order valence-corrected chi connectivity index (χ1v) is 6.77. The van der Waals surface area contributed by atoms with Gasteiger partial charge in [-0.05, 0) is 50.6 Å². The van der Waals surface area contributed by atoms with Crippen molar-refractivity contribution in [3.63, 3.8) is 0 Å². The summed E-state index contributed by atoms with van der Waals surface area (Å²) >= 11 is 0. The van der Waals surface area contributed by atoms with Gasteiger partial charge in [0.2, 0.25) is 0 Å². The van der Waals surface area contributed by atoms with Gasteiger partial charge in [0.05, 0.1) is 0 Å². The lowest BCUT2D eigenvalue weighted by Gasteiger charge is -2.43. The Morgan fingerprint density at radius 2 is 1.88 bits per heavy atom. The molecule has 0 spiro atoms. The van der Waals surface area contributed by atoms with Crippen LogP contribution in [0.2, 0.25) is 0 Å². The van der Waals surface area contributed by atoms with Gasteiger partial charge < -0.3 is 5.73 Å². The van der Waals surface area contributed by atoms with Gasteiger partial charge in [-0.2, -0.15) is 0 Å². The monoisotopic (exact) mass is 226 g/mol. The Balaban J connectivity index is 2.73. The first-order valence-electron chi connectivity index (χ1n) is 6.77. The maximum Gasteiger partial charge on any atom is 0.0326 e. The lowest BCUT2D eigenvalue weighted by Crippen LogP contribution is -2.55. The van der Waals surface area contributed by atoms with Crippen molar-refractivity contribution in [1.29, 1.82) is 0 Å². The van der Waals surface area contributed by atoms with Crippen molar-refractivity contribution in [3.8, 4) is 0 Å². The first kappa shape index (κ1) is 14.0. The van der Waals surface area contributed by atoms with Gasteiger partial charge in [-0.3, -0.25) is 4.90 Å². The molecule has 2 heteroatoms. The Bertz CT molecular complexity index is 223. The van der Waals surface area contributed by atoms with Crippen molar-refractivity contribution < 1.29 is 0 Å². The van der Waals surface area contributed by atoms with Crippen LogP contribution in [0.4, 0.5) is 0 Å². The Morgan fingerprint density at radius 3 is 2.38 bits per heavy atom. The summed E-state index contributed by atoms with van der Waals surface area (Å²) in [5.74, 6) is 0.624. The third-order valence-corrected chi connectivity index (χ3v) is 4.72. The van der Waals surface area contributed by atoms with Crippen LogP contribution in [0.1, 0.15) is 53.9 Å². The van der Waals surface area contributed by atoms with E-state index in [2.05, 4.69) is 39.5 Å². The zero-order valence-electron chi connectivity index (χ0n) is 11.8. The van der Waals surface area contributed by atoms with Crippen molar-refractivity contribution in [3.05, 3.63) is 0 Å². The maximum absolute atomic E-state index is 6.02. The quantitative estimate of drug-likeness (QED) is 0.802. The van der Waals surface area contributed by atoms with Gasteiger partial charge in [-0.1, -0.05) is 27.7 Å². The summed E-state index contributed by atoms with van der Waals surface area (Å²) < 4.78 is 0. The van der Waals surface area contributed by atoms with Crippen LogP contribution < -0.4 is 5.73 Å². The molecule has 0 radical (unpaired) electrons. The molecule has 1 saturated heterocycles. The molecule has 1 rings (SSSR count). The average Bonchev–Trinajstić information content (AvgIpc) is 2.38. The van der Waals surface area contributed by atoms with Crippen LogP contribution >= 0.6 is 0 Å². The molecule has 96 valence electrons. The molecule has 0 saturated carbocycles. The van der Waals surface area contributed by atoms with Gasteiger partial charge in [0.15, 0.2) is 0 Å². The Morgan fingerprint density at radius 1 is 1.25 bits per heavy atom. The largest absolute Gasteiger partial charge is 0.329 e. The van der Waals surface area contributed by atoms with Crippen LogP contribution in [-0.4, -0.2) is 30.1 Å². The summed E-state index contributed by atoms with van der Waals surface area (Å²) in [6, 6.07) is 0. The molecule has 1 unspecified atom stereocenters. The third-order valence-electron chi connectivity index (χ3n) is 4.72. The zero-order chi connectivity index (χ0) is 12.4. The minimum Gasteiger partial charge on any atom is -0.329 e. The highest BCUT2D eigenvalue weighted by molar-refractivity contribution is 4.92. The van der Waals surface area contributed by atoms with E-state index in [-0.39, 0.29) is 5.54 Å². The normalized spacial score (nSPS) is 26.4. The molecule has 16 heavy (non-hydrogen) atoms. The van der Waals surface area contributed by atoms with E-state index in [9.17, 15) is 0 Å². The molecule has 2 nitrogen and oxygen atoms in total. The fraction of sp³-hybridized carbons (Fsp3) is 1.00. The van der Waals surface area contributed by atoms with E-state index < -0.39 is 0 Å². The van der Waals surface area contributed by atoms with Crippen LogP contribution in [0, 0.1) is 11.3 Å². The molecule has 0 amide bonds. The van der Waals surface area contributed by atoms with Crippen LogP contribution in [0.25, 0.3) is 0 Å². The molecule has 1 fully saturated rings. The molecular weight excluding hydrogens is 196 g/mol. The van der Waals surface area contributed by atoms with Crippen molar-refractivity contribution >= 4 is 0 Å². The molecular formula is C14H30N2. The van der Waals surface area contributed by atoms with Gasteiger partial charge in [-0.15, -0.1) is 0 Å². The molecule has 1 aliphatic rings. The number of nitrogens with two attached hydrogens (primary N) is 1. The first-order chi connectivity index (χ1) is 7.32. The fourth-order valence-corrected chi connectivity index (χ4v) is 2.66. The molecule has 1 atom stereocenters. The summed E-state index contributed by atoms with van der Waals surface area (Å²) in [6.07, 6.45) is 3.97. The minimum absolute atomic E-state index is 0.181. The predicted molar refractivity (Wildman–Crippen MR) is 71.5 cm³/mol. The topological polar surface area (TPSA) is 29.3 Å². The number of hydrogen-bond donors (Lipinski definition) is 1. The number of likely N-dealkylation sites (tertiary alicyclic amines) is 1. The fourth-order valence-electron chi connectivity index (χ4n) is 2.66. The summed E-state index contributed by atoms with van der Waals surface area (Å²) in [6.45, 7) is 14.9. The molecule has 0 aromatic heterocycles. The second-order valence-corrected chi connectivity index (χ2v) is 6.72. The van der Waals surface area contributed by atoms with E-state index in [4.69, 9.17) is 5.73 Å². The Labute approximate surface area is 102 Å². The molecule has 0 aliphatic carbocycles. The van der Waals surface area contributed by atoms with Gasteiger partial charge in [0.1, 0.15) is 0 Å². The van der Waals surface area contributed by atoms with E-state index in [0.29, 0.717) is 11.3 Å². The minimum atomic E-state index is 0.181. The van der Waals surface area contributed by atoms with E-state index >= 15 is 0 Å². The summed E-state index contributed by atoms with van der Waals surface area (Å²) in [7, 11) is 0. The maximum atomic E-state index is 6.02. The van der Waals surface area contributed by atoms with Crippen LogP contribution in [0.5, 0.6) is 0 Å². The molecule has 0 bridgehead atoms. The van der Waals surface area contributed by atoms with Crippen LogP contribution in [-0.2, 0) is 0 Å². The van der Waals surface area contributed by atoms with Crippen molar-refractivity contribution in [2.75, 3.05) is 19.6 Å². The van der Waals surface area contributed by atoms with E-state index in [1.165, 1.54) is 32.4 Å². The van der Waals surface area contributed by atoms with Gasteiger partial charge in [0.25, 0.3) is 0 Å². The van der Waals surface area contributed by atoms with Crippen LogP contribution in [0.15, 0.2) is 0 Å². The Hall–Kier alpha value is -0.0800. The summed E-state index contributed by atoms with van der Waals surface area (Å²) in [5, 5.41) is 0. The van der Waals surface area contributed by atoms with Crippen LogP contribution in [0.3, 0.4) is 0 Å². The smallest absolute Gasteiger partial charge is 0.0326 e. The number of hydrogen-bond acceptors (Lipinski definition) is 2. The molecule has 1 aliphatic heterocycles. The van der Waals surface area contributed by atoms with Gasteiger partial charge in [-0.25, -0.2) is 0 Å². The zero-order valence-corrected chi connectivity index (χ0v) is 11.8. The van der Waals surface area contributed by atoms with Crippen molar-refractivity contribution in [1.82, 2.24) is 4.90 Å². The standard InChI is InChI=1S/C14H30N2/c1-12(2)14(5,11-15)16-9-6-7-13(3,4)8-10-16/h12H,6-11,15H2,1-5H3. The van der Waals surface area contributed by atoms with E-state index in [0.717, 1.165) is 6.54 Å². The van der Waals surface area contributed by atoms with Crippen molar-refractivity contribution in [2.45, 2.75) is 59.4 Å². The lowest BCUT2D eigenvalue weighted by molar-refractivity contribution is 0.0679. The van der Waals surface area contributed by atoms with E-state index in [1.54, 1.807) is 0 Å². The van der Waals surface area contributed by atoms with Gasteiger partial charge >= 0.3 is 0 Å². The SMILES string of the molecule is CC(C)C(C)(CN)N1CCCC(C)(C)CC1. The second kappa shape index (κ2) is 5.05. The predicted octanol–water partition coefficient (Wildman–Crippen LogP) is 2.87. The number of nitrogens with zero attached hydrogens (tertiary/aromatic N) is 1. The summed E-state index contributed by atoms with van der Waals surface area (Å²) in [5.41, 5.74) is 6.71. The molecule has 2 N–H and O–H groups in total. The third kappa shape index (κ3) is 2.98. The Kier molecular flexibility index (Phi) is 4.42. The van der Waals surface area contributed by atoms with Gasteiger partial charge in [0, 0.05) is 12.1 Å². The molecule has 0 aromatic carbocycles. The highest BCUT2D eigenvalue weighted by atomic mass is 15.2. The average molecular weight is 226 g/mol. The molecule has 0 aromatic rings. The lowest BCUT2D eigenvalue weighted by atomic mass is 9.84. The summed E-state index contributed by atoms with van der Waals surface area (Å²) in [4.78, 5) is 2.63.